The van der Waals surface area contributed by atoms with E-state index in [-0.39, 0.29) is 5.82 Å². The summed E-state index contributed by atoms with van der Waals surface area (Å²) >= 11 is 3.33. The normalized spacial score (nSPS) is 10.4. The van der Waals surface area contributed by atoms with Gasteiger partial charge in [0.2, 0.25) is 0 Å². The Kier molecular flexibility index (Phi) is 4.37. The molecule has 3 heteroatoms. The van der Waals surface area contributed by atoms with Gasteiger partial charge in [-0.1, -0.05) is 57.9 Å². The molecule has 0 atom stereocenters. The van der Waals surface area contributed by atoms with Gasteiger partial charge in [0.25, 0.3) is 0 Å². The third kappa shape index (κ3) is 3.10. The Labute approximate surface area is 115 Å². The van der Waals surface area contributed by atoms with Crippen molar-refractivity contribution in [3.8, 4) is 5.75 Å². The number of aryl methyl sites for hydroxylation is 1. The summed E-state index contributed by atoms with van der Waals surface area (Å²) in [5, 5.41) is 0.577. The largest absolute Gasteiger partial charge is 0.486 e. The van der Waals surface area contributed by atoms with Gasteiger partial charge in [-0.15, -0.1) is 0 Å². The van der Waals surface area contributed by atoms with Crippen LogP contribution in [0.25, 0.3) is 0 Å². The van der Waals surface area contributed by atoms with Crippen molar-refractivity contribution in [3.63, 3.8) is 0 Å². The molecular weight excluding hydrogens is 295 g/mol. The fourth-order valence-electron chi connectivity index (χ4n) is 1.78. The summed E-state index contributed by atoms with van der Waals surface area (Å²) in [4.78, 5) is 0. The van der Waals surface area contributed by atoms with Crippen molar-refractivity contribution in [2.45, 2.75) is 18.9 Å². The van der Waals surface area contributed by atoms with E-state index in [2.05, 4.69) is 15.9 Å². The lowest BCUT2D eigenvalue weighted by Crippen LogP contribution is -2.00. The second-order valence-corrected chi connectivity index (χ2v) is 4.70. The Morgan fingerprint density at radius 2 is 1.94 bits per heavy atom. The fourth-order valence-corrected chi connectivity index (χ4v) is 2.22. The molecule has 0 aliphatic carbocycles. The summed E-state index contributed by atoms with van der Waals surface area (Å²) in [5.74, 6) is 0.00971. The van der Waals surface area contributed by atoms with Gasteiger partial charge < -0.3 is 4.74 Å². The van der Waals surface area contributed by atoms with Crippen molar-refractivity contribution in [2.24, 2.45) is 0 Å². The highest BCUT2D eigenvalue weighted by Gasteiger charge is 2.08. The van der Waals surface area contributed by atoms with Crippen LogP contribution < -0.4 is 4.74 Å². The maximum atomic E-state index is 13.7. The lowest BCUT2D eigenvalue weighted by atomic mass is 10.1. The molecule has 94 valence electrons. The molecule has 0 bridgehead atoms. The Hall–Kier alpha value is -1.35. The molecule has 0 N–H and O–H groups in total. The predicted molar refractivity (Wildman–Crippen MR) is 74.5 cm³/mol. The summed E-state index contributed by atoms with van der Waals surface area (Å²) in [6, 6.07) is 13.0. The van der Waals surface area contributed by atoms with Crippen LogP contribution in [0, 0.1) is 12.7 Å². The topological polar surface area (TPSA) is 9.23 Å². The molecule has 2 aromatic carbocycles. The van der Waals surface area contributed by atoms with Gasteiger partial charge in [-0.3, -0.25) is 0 Å². The third-order valence-corrected chi connectivity index (χ3v) is 3.26. The number of benzene rings is 2. The van der Waals surface area contributed by atoms with Gasteiger partial charge in [-0.25, -0.2) is 4.39 Å². The Balaban J connectivity index is 2.15. The van der Waals surface area contributed by atoms with Crippen molar-refractivity contribution in [3.05, 3.63) is 65.0 Å². The molecule has 1 nitrogen and oxygen atoms in total. The summed E-state index contributed by atoms with van der Waals surface area (Å²) in [5.41, 5.74) is 3.03. The van der Waals surface area contributed by atoms with Crippen LogP contribution in [0.4, 0.5) is 4.39 Å². The highest BCUT2D eigenvalue weighted by atomic mass is 79.9. The van der Waals surface area contributed by atoms with E-state index in [1.54, 1.807) is 6.07 Å². The standard InChI is InChI=1S/C15H14BrFO/c1-11-4-2-5-12(8-11)10-18-15-13(9-16)6-3-7-14(15)17/h2-8H,9-10H2,1H3. The molecule has 0 fully saturated rings. The zero-order valence-electron chi connectivity index (χ0n) is 10.1. The summed E-state index contributed by atoms with van der Waals surface area (Å²) in [6.45, 7) is 2.40. The predicted octanol–water partition coefficient (Wildman–Crippen LogP) is 4.61. The number of halogens is 2. The van der Waals surface area contributed by atoms with Gasteiger partial charge in [-0.05, 0) is 18.6 Å². The molecule has 0 aromatic heterocycles. The van der Waals surface area contributed by atoms with Crippen LogP contribution in [0.15, 0.2) is 42.5 Å². The Morgan fingerprint density at radius 3 is 2.67 bits per heavy atom. The molecular formula is C15H14BrFO. The van der Waals surface area contributed by atoms with Crippen LogP contribution in [0.2, 0.25) is 0 Å². The maximum absolute atomic E-state index is 13.7. The first-order chi connectivity index (χ1) is 8.70. The molecule has 2 aromatic rings. The smallest absolute Gasteiger partial charge is 0.165 e. The van der Waals surface area contributed by atoms with E-state index in [0.29, 0.717) is 17.7 Å². The molecule has 0 aliphatic rings. The Bertz CT molecular complexity index is 540. The van der Waals surface area contributed by atoms with Crippen LogP contribution in [-0.4, -0.2) is 0 Å². The summed E-state index contributed by atoms with van der Waals surface area (Å²) in [6.07, 6.45) is 0. The third-order valence-electron chi connectivity index (χ3n) is 2.66. The quantitative estimate of drug-likeness (QED) is 0.750. The van der Waals surface area contributed by atoms with Crippen molar-refractivity contribution < 1.29 is 9.13 Å². The van der Waals surface area contributed by atoms with Crippen LogP contribution >= 0.6 is 15.9 Å². The highest BCUT2D eigenvalue weighted by Crippen LogP contribution is 2.25. The van der Waals surface area contributed by atoms with Crippen LogP contribution in [0.3, 0.4) is 0 Å². The number of ether oxygens (including phenoxy) is 1. The first-order valence-corrected chi connectivity index (χ1v) is 6.84. The summed E-state index contributed by atoms with van der Waals surface area (Å²) in [7, 11) is 0. The van der Waals surface area contributed by atoms with Gasteiger partial charge in [0, 0.05) is 10.9 Å². The minimum atomic E-state index is -0.320. The Morgan fingerprint density at radius 1 is 1.17 bits per heavy atom. The van der Waals surface area contributed by atoms with Crippen LogP contribution in [0.1, 0.15) is 16.7 Å². The van der Waals surface area contributed by atoms with E-state index in [9.17, 15) is 4.39 Å². The highest BCUT2D eigenvalue weighted by molar-refractivity contribution is 9.08. The molecule has 0 amide bonds. The van der Waals surface area contributed by atoms with E-state index in [4.69, 9.17) is 4.74 Å². The minimum Gasteiger partial charge on any atom is -0.486 e. The molecule has 18 heavy (non-hydrogen) atoms. The summed E-state index contributed by atoms with van der Waals surface area (Å²) < 4.78 is 19.3. The molecule has 0 radical (unpaired) electrons. The van der Waals surface area contributed by atoms with Crippen LogP contribution in [0.5, 0.6) is 5.75 Å². The molecule has 0 unspecified atom stereocenters. The second kappa shape index (κ2) is 6.01. The van der Waals surface area contributed by atoms with E-state index in [0.717, 1.165) is 11.1 Å². The maximum Gasteiger partial charge on any atom is 0.165 e. The fraction of sp³-hybridized carbons (Fsp3) is 0.200. The molecule has 0 saturated heterocycles. The lowest BCUT2D eigenvalue weighted by molar-refractivity contribution is 0.288. The molecule has 0 saturated carbocycles. The van der Waals surface area contributed by atoms with Gasteiger partial charge >= 0.3 is 0 Å². The number of hydrogen-bond acceptors (Lipinski definition) is 1. The molecule has 0 aliphatic heterocycles. The molecule has 0 spiro atoms. The average Bonchev–Trinajstić information content (AvgIpc) is 2.37. The van der Waals surface area contributed by atoms with E-state index in [1.807, 2.05) is 37.3 Å². The second-order valence-electron chi connectivity index (χ2n) is 4.14. The average molecular weight is 309 g/mol. The minimum absolute atomic E-state index is 0.320. The number of alkyl halides is 1. The lowest BCUT2D eigenvalue weighted by Gasteiger charge is -2.11. The monoisotopic (exact) mass is 308 g/mol. The van der Waals surface area contributed by atoms with Gasteiger partial charge in [0.05, 0.1) is 0 Å². The van der Waals surface area contributed by atoms with Crippen molar-refractivity contribution >= 4 is 15.9 Å². The SMILES string of the molecule is Cc1cccc(COc2c(F)cccc2CBr)c1. The van der Waals surface area contributed by atoms with Crippen molar-refractivity contribution in [1.82, 2.24) is 0 Å². The molecule has 0 heterocycles. The zero-order chi connectivity index (χ0) is 13.0. The van der Waals surface area contributed by atoms with Gasteiger partial charge in [0.15, 0.2) is 11.6 Å². The first kappa shape index (κ1) is 13.1. The van der Waals surface area contributed by atoms with E-state index >= 15 is 0 Å². The van der Waals surface area contributed by atoms with E-state index < -0.39 is 0 Å². The van der Waals surface area contributed by atoms with Crippen molar-refractivity contribution in [2.75, 3.05) is 0 Å². The number of para-hydroxylation sites is 1. The zero-order valence-corrected chi connectivity index (χ0v) is 11.7. The van der Waals surface area contributed by atoms with Gasteiger partial charge in [-0.2, -0.15) is 0 Å². The van der Waals surface area contributed by atoms with E-state index in [1.165, 1.54) is 11.6 Å². The van der Waals surface area contributed by atoms with Crippen LogP contribution in [-0.2, 0) is 11.9 Å². The molecule has 2 rings (SSSR count). The number of hydrogen-bond donors (Lipinski definition) is 0. The number of rotatable bonds is 4. The first-order valence-electron chi connectivity index (χ1n) is 5.72. The van der Waals surface area contributed by atoms with Crippen molar-refractivity contribution in [1.29, 1.82) is 0 Å². The van der Waals surface area contributed by atoms with Gasteiger partial charge in [0.1, 0.15) is 6.61 Å².